The highest BCUT2D eigenvalue weighted by Crippen LogP contribution is 2.21. The summed E-state index contributed by atoms with van der Waals surface area (Å²) >= 11 is 0. The van der Waals surface area contributed by atoms with Crippen molar-refractivity contribution in [3.8, 4) is 0 Å². The number of hydrogen-bond acceptors (Lipinski definition) is 4. The Kier molecular flexibility index (Phi) is 3.31. The van der Waals surface area contributed by atoms with Crippen LogP contribution in [0.5, 0.6) is 0 Å². The molecule has 0 unspecified atom stereocenters. The summed E-state index contributed by atoms with van der Waals surface area (Å²) in [6, 6.07) is 7.04. The number of benzene rings is 1. The van der Waals surface area contributed by atoms with E-state index >= 15 is 0 Å². The van der Waals surface area contributed by atoms with Crippen molar-refractivity contribution in [3.63, 3.8) is 0 Å². The average molecular weight is 259 g/mol. The van der Waals surface area contributed by atoms with Gasteiger partial charge in [-0.25, -0.2) is 0 Å². The summed E-state index contributed by atoms with van der Waals surface area (Å²) in [7, 11) is 0. The van der Waals surface area contributed by atoms with E-state index in [1.54, 1.807) is 24.3 Å². The molecule has 0 aliphatic carbocycles. The van der Waals surface area contributed by atoms with Gasteiger partial charge < -0.3 is 5.32 Å². The van der Waals surface area contributed by atoms with Crippen molar-refractivity contribution < 1.29 is 9.59 Å². The topological polar surface area (TPSA) is 52.7 Å². The predicted molar refractivity (Wildman–Crippen MR) is 71.1 cm³/mol. The molecule has 1 aromatic carbocycles. The third-order valence-corrected chi connectivity index (χ3v) is 3.73. The first-order valence-electron chi connectivity index (χ1n) is 6.65. The second kappa shape index (κ2) is 5.11. The molecule has 1 fully saturated rings. The van der Waals surface area contributed by atoms with Crippen molar-refractivity contribution in [1.29, 1.82) is 0 Å². The van der Waals surface area contributed by atoms with E-state index in [-0.39, 0.29) is 11.8 Å². The molecule has 2 aliphatic heterocycles. The lowest BCUT2D eigenvalue weighted by Crippen LogP contribution is -2.47. The minimum absolute atomic E-state index is 0.157. The van der Waals surface area contributed by atoms with Crippen molar-refractivity contribution in [2.45, 2.75) is 0 Å². The lowest BCUT2D eigenvalue weighted by Gasteiger charge is -2.28. The first-order chi connectivity index (χ1) is 9.27. The molecule has 0 saturated carbocycles. The Labute approximate surface area is 112 Å². The Hall–Kier alpha value is -1.72. The Bertz CT molecular complexity index is 474. The molecule has 5 heteroatoms. The quantitative estimate of drug-likeness (QED) is 0.787. The van der Waals surface area contributed by atoms with Gasteiger partial charge in [0.05, 0.1) is 11.1 Å². The highest BCUT2D eigenvalue weighted by atomic mass is 16.2. The number of imide groups is 1. The fourth-order valence-corrected chi connectivity index (χ4v) is 2.62. The zero-order chi connectivity index (χ0) is 13.2. The number of carbonyl (C=O) groups is 2. The molecule has 100 valence electrons. The maximum Gasteiger partial charge on any atom is 0.261 e. The van der Waals surface area contributed by atoms with Crippen molar-refractivity contribution in [3.05, 3.63) is 35.4 Å². The molecule has 1 N–H and O–H groups in total. The van der Waals surface area contributed by atoms with E-state index in [1.165, 1.54) is 4.90 Å². The minimum Gasteiger partial charge on any atom is -0.314 e. The maximum atomic E-state index is 12.2. The molecule has 1 aromatic rings. The van der Waals surface area contributed by atoms with Crippen LogP contribution in [-0.4, -0.2) is 60.9 Å². The van der Waals surface area contributed by atoms with Gasteiger partial charge in [0.2, 0.25) is 0 Å². The van der Waals surface area contributed by atoms with Gasteiger partial charge in [-0.05, 0) is 12.1 Å². The maximum absolute atomic E-state index is 12.2. The second-order valence-electron chi connectivity index (χ2n) is 4.90. The Morgan fingerprint density at radius 2 is 1.53 bits per heavy atom. The van der Waals surface area contributed by atoms with E-state index < -0.39 is 0 Å². The number of rotatable bonds is 3. The Balaban J connectivity index is 1.67. The van der Waals surface area contributed by atoms with Crippen LogP contribution >= 0.6 is 0 Å². The van der Waals surface area contributed by atoms with E-state index in [1.807, 2.05) is 0 Å². The monoisotopic (exact) mass is 259 g/mol. The summed E-state index contributed by atoms with van der Waals surface area (Å²) < 4.78 is 0. The number of nitrogens with zero attached hydrogens (tertiary/aromatic N) is 2. The molecule has 0 spiro atoms. The average Bonchev–Trinajstić information content (AvgIpc) is 2.71. The molecular formula is C14H17N3O2. The molecule has 0 radical (unpaired) electrons. The highest BCUT2D eigenvalue weighted by Gasteiger charge is 2.34. The summed E-state index contributed by atoms with van der Waals surface area (Å²) in [4.78, 5) is 28.0. The standard InChI is InChI=1S/C14H17N3O2/c18-13-11-3-1-2-4-12(11)14(19)17(13)10-9-16-7-5-15-6-8-16/h1-4,15H,5-10H2. The molecular weight excluding hydrogens is 242 g/mol. The van der Waals surface area contributed by atoms with Gasteiger partial charge in [-0.2, -0.15) is 0 Å². The zero-order valence-corrected chi connectivity index (χ0v) is 10.8. The highest BCUT2D eigenvalue weighted by molar-refractivity contribution is 6.21. The number of hydrogen-bond donors (Lipinski definition) is 1. The first kappa shape index (κ1) is 12.3. The molecule has 2 aliphatic rings. The van der Waals surface area contributed by atoms with Gasteiger partial charge in [-0.3, -0.25) is 19.4 Å². The van der Waals surface area contributed by atoms with Crippen LogP contribution in [0.15, 0.2) is 24.3 Å². The second-order valence-corrected chi connectivity index (χ2v) is 4.90. The van der Waals surface area contributed by atoms with Crippen LogP contribution in [0.25, 0.3) is 0 Å². The molecule has 2 amide bonds. The lowest BCUT2D eigenvalue weighted by atomic mass is 10.1. The summed E-state index contributed by atoms with van der Waals surface area (Å²) in [6.45, 7) is 5.13. The van der Waals surface area contributed by atoms with E-state index in [9.17, 15) is 9.59 Å². The van der Waals surface area contributed by atoms with Crippen LogP contribution in [0.4, 0.5) is 0 Å². The van der Waals surface area contributed by atoms with E-state index in [4.69, 9.17) is 0 Å². The number of amides is 2. The van der Waals surface area contributed by atoms with Crippen LogP contribution < -0.4 is 5.32 Å². The molecule has 19 heavy (non-hydrogen) atoms. The smallest absolute Gasteiger partial charge is 0.261 e. The number of fused-ring (bicyclic) bond motifs is 1. The fraction of sp³-hybridized carbons (Fsp3) is 0.429. The molecule has 5 nitrogen and oxygen atoms in total. The van der Waals surface area contributed by atoms with Crippen molar-refractivity contribution in [2.75, 3.05) is 39.3 Å². The van der Waals surface area contributed by atoms with Crippen LogP contribution in [0.2, 0.25) is 0 Å². The van der Waals surface area contributed by atoms with Crippen LogP contribution in [0.3, 0.4) is 0 Å². The van der Waals surface area contributed by atoms with Gasteiger partial charge in [-0.15, -0.1) is 0 Å². The Morgan fingerprint density at radius 3 is 2.11 bits per heavy atom. The molecule has 2 heterocycles. The molecule has 0 aromatic heterocycles. The third-order valence-electron chi connectivity index (χ3n) is 3.73. The number of nitrogens with one attached hydrogen (secondary N) is 1. The van der Waals surface area contributed by atoms with E-state index in [0.717, 1.165) is 32.7 Å². The van der Waals surface area contributed by atoms with Gasteiger partial charge in [0, 0.05) is 39.3 Å². The minimum atomic E-state index is -0.157. The summed E-state index contributed by atoms with van der Waals surface area (Å²) in [6.07, 6.45) is 0. The Morgan fingerprint density at radius 1 is 0.947 bits per heavy atom. The summed E-state index contributed by atoms with van der Waals surface area (Å²) in [5.41, 5.74) is 1.07. The van der Waals surface area contributed by atoms with Gasteiger partial charge in [0.15, 0.2) is 0 Å². The molecule has 3 rings (SSSR count). The van der Waals surface area contributed by atoms with Gasteiger partial charge >= 0.3 is 0 Å². The van der Waals surface area contributed by atoms with Crippen LogP contribution in [0, 0.1) is 0 Å². The summed E-state index contributed by atoms with van der Waals surface area (Å²) in [5, 5.41) is 3.29. The first-order valence-corrected chi connectivity index (χ1v) is 6.65. The van der Waals surface area contributed by atoms with E-state index in [2.05, 4.69) is 10.2 Å². The van der Waals surface area contributed by atoms with Crippen molar-refractivity contribution >= 4 is 11.8 Å². The number of carbonyl (C=O) groups excluding carboxylic acids is 2. The lowest BCUT2D eigenvalue weighted by molar-refractivity contribution is 0.0633. The van der Waals surface area contributed by atoms with Crippen molar-refractivity contribution in [1.82, 2.24) is 15.1 Å². The predicted octanol–water partition coefficient (Wildman–Crippen LogP) is 0.188. The molecule has 0 atom stereocenters. The van der Waals surface area contributed by atoms with E-state index in [0.29, 0.717) is 17.7 Å². The largest absolute Gasteiger partial charge is 0.314 e. The number of piperazine rings is 1. The third kappa shape index (κ3) is 2.27. The van der Waals surface area contributed by atoms with Crippen LogP contribution in [0.1, 0.15) is 20.7 Å². The van der Waals surface area contributed by atoms with Gasteiger partial charge in [-0.1, -0.05) is 12.1 Å². The zero-order valence-electron chi connectivity index (χ0n) is 10.8. The van der Waals surface area contributed by atoms with Gasteiger partial charge in [0.1, 0.15) is 0 Å². The summed E-state index contributed by atoms with van der Waals surface area (Å²) in [5.74, 6) is -0.313. The van der Waals surface area contributed by atoms with Gasteiger partial charge in [0.25, 0.3) is 11.8 Å². The normalized spacial score (nSPS) is 19.9. The SMILES string of the molecule is O=C1c2ccccc2C(=O)N1CCN1CCNCC1. The van der Waals surface area contributed by atoms with Crippen LogP contribution in [-0.2, 0) is 0 Å². The van der Waals surface area contributed by atoms with Crippen molar-refractivity contribution in [2.24, 2.45) is 0 Å². The molecule has 0 bridgehead atoms. The fourth-order valence-electron chi connectivity index (χ4n) is 2.62. The molecule has 1 saturated heterocycles.